The Bertz CT molecular complexity index is 240. The average Bonchev–Trinajstić information content (AvgIpc) is 2.22. The van der Waals surface area contributed by atoms with Gasteiger partial charge in [-0.05, 0) is 5.53 Å². The van der Waals surface area contributed by atoms with Gasteiger partial charge in [0.1, 0.15) is 18.8 Å². The fraction of sp³-hybridized carbons (Fsp3) is 0.833. The lowest BCUT2D eigenvalue weighted by Crippen LogP contribution is -2.43. The first-order valence-corrected chi connectivity index (χ1v) is 3.73. The van der Waals surface area contributed by atoms with Crippen molar-refractivity contribution in [2.45, 2.75) is 18.2 Å². The molecule has 0 aliphatic heterocycles. The van der Waals surface area contributed by atoms with Crippen LogP contribution in [0.4, 0.5) is 0 Å². The van der Waals surface area contributed by atoms with Crippen molar-refractivity contribution in [2.24, 2.45) is 5.11 Å². The van der Waals surface area contributed by atoms with E-state index in [0.29, 0.717) is 0 Å². The number of rotatable bonds is 6. The molecule has 0 heterocycles. The highest BCUT2D eigenvalue weighted by molar-refractivity contribution is 5.85. The lowest BCUT2D eigenvalue weighted by Gasteiger charge is -2.20. The predicted molar refractivity (Wildman–Crippen MR) is 44.1 cm³/mol. The molecule has 0 saturated carbocycles. The summed E-state index contributed by atoms with van der Waals surface area (Å²) in [7, 11) is 0. The summed E-state index contributed by atoms with van der Waals surface area (Å²) in [5.41, 5.74) is 8.05. The molecule has 0 aliphatic rings. The second-order valence-electron chi connectivity index (χ2n) is 2.51. The number of nitrogens with zero attached hydrogens (tertiary/aromatic N) is 3. The summed E-state index contributed by atoms with van der Waals surface area (Å²) >= 11 is 0. The molecule has 0 fully saturated rings. The van der Waals surface area contributed by atoms with Crippen LogP contribution in [0.2, 0.25) is 0 Å². The summed E-state index contributed by atoms with van der Waals surface area (Å²) in [5, 5.41) is 38.0. The fourth-order valence-corrected chi connectivity index (χ4v) is 0.791. The molecule has 0 aromatic heterocycles. The molecule has 8 nitrogen and oxygen atoms in total. The van der Waals surface area contributed by atoms with Gasteiger partial charge in [0.15, 0.2) is 5.78 Å². The number of carbonyl (C=O) groups excluding carboxylic acids is 1. The van der Waals surface area contributed by atoms with Crippen molar-refractivity contribution in [3.63, 3.8) is 0 Å². The SMILES string of the molecule is [N-]=[N+]=N[C@H](C(=O)CO)[C@@H](O)[C@H](O)CO. The third-order valence-corrected chi connectivity index (χ3v) is 1.57. The van der Waals surface area contributed by atoms with Gasteiger partial charge in [0.05, 0.1) is 12.7 Å². The van der Waals surface area contributed by atoms with E-state index in [1.165, 1.54) is 0 Å². The van der Waals surface area contributed by atoms with Crippen LogP contribution in [0, 0.1) is 0 Å². The monoisotopic (exact) mass is 205 g/mol. The number of aliphatic hydroxyl groups is 4. The zero-order chi connectivity index (χ0) is 11.1. The molecule has 0 aromatic rings. The average molecular weight is 205 g/mol. The number of hydrogen-bond donors (Lipinski definition) is 4. The third-order valence-electron chi connectivity index (χ3n) is 1.57. The van der Waals surface area contributed by atoms with Gasteiger partial charge in [-0.25, -0.2) is 0 Å². The van der Waals surface area contributed by atoms with Crippen LogP contribution in [0.5, 0.6) is 0 Å². The quantitative estimate of drug-likeness (QED) is 0.223. The molecule has 0 rings (SSSR count). The lowest BCUT2D eigenvalue weighted by atomic mass is 10.0. The molecular formula is C6H11N3O5. The topological polar surface area (TPSA) is 147 Å². The number of ketones is 1. The van der Waals surface area contributed by atoms with Crippen LogP contribution in [-0.2, 0) is 4.79 Å². The predicted octanol–water partition coefficient (Wildman–Crippen LogP) is -2.06. The van der Waals surface area contributed by atoms with E-state index in [1.54, 1.807) is 0 Å². The minimum Gasteiger partial charge on any atom is -0.394 e. The Morgan fingerprint density at radius 3 is 2.36 bits per heavy atom. The van der Waals surface area contributed by atoms with E-state index in [4.69, 9.17) is 20.9 Å². The molecule has 80 valence electrons. The van der Waals surface area contributed by atoms with Crippen LogP contribution in [-0.4, -0.2) is 57.7 Å². The Morgan fingerprint density at radius 2 is 2.00 bits per heavy atom. The van der Waals surface area contributed by atoms with Crippen molar-refractivity contribution < 1.29 is 25.2 Å². The number of hydrogen-bond acceptors (Lipinski definition) is 6. The maximum absolute atomic E-state index is 10.9. The molecule has 3 atom stereocenters. The molecule has 0 saturated heterocycles. The second kappa shape index (κ2) is 6.30. The van der Waals surface area contributed by atoms with Crippen LogP contribution in [0.15, 0.2) is 5.11 Å². The summed E-state index contributed by atoms with van der Waals surface area (Å²) in [6, 6.07) is -1.59. The lowest BCUT2D eigenvalue weighted by molar-refractivity contribution is -0.128. The molecule has 8 heteroatoms. The molecule has 14 heavy (non-hydrogen) atoms. The summed E-state index contributed by atoms with van der Waals surface area (Å²) in [4.78, 5) is 13.2. The summed E-state index contributed by atoms with van der Waals surface area (Å²) in [6.07, 6.45) is -3.32. The molecule has 0 bridgehead atoms. The van der Waals surface area contributed by atoms with E-state index in [1.807, 2.05) is 0 Å². The first-order valence-electron chi connectivity index (χ1n) is 3.73. The summed E-state index contributed by atoms with van der Waals surface area (Å²) < 4.78 is 0. The van der Waals surface area contributed by atoms with Gasteiger partial charge in [-0.3, -0.25) is 4.79 Å². The standard InChI is InChI=1S/C6H11N3O5/c7-9-8-5(3(12)1-10)6(14)4(13)2-11/h4-6,10-11,13-14H,1-2H2/t4-,5-,6+/m1/s1. The van der Waals surface area contributed by atoms with Crippen molar-refractivity contribution >= 4 is 5.78 Å². The van der Waals surface area contributed by atoms with Gasteiger partial charge in [0.25, 0.3) is 0 Å². The van der Waals surface area contributed by atoms with Gasteiger partial charge in [0.2, 0.25) is 0 Å². The summed E-state index contributed by atoms with van der Waals surface area (Å²) in [6.45, 7) is -1.70. The van der Waals surface area contributed by atoms with Gasteiger partial charge in [-0.1, -0.05) is 5.11 Å². The number of carbonyl (C=O) groups is 1. The Hall–Kier alpha value is -1.18. The normalized spacial score (nSPS) is 16.6. The Morgan fingerprint density at radius 1 is 1.43 bits per heavy atom. The van der Waals surface area contributed by atoms with Crippen molar-refractivity contribution in [3.05, 3.63) is 10.4 Å². The Balaban J connectivity index is 4.64. The van der Waals surface area contributed by atoms with Crippen LogP contribution in [0.1, 0.15) is 0 Å². The zero-order valence-electron chi connectivity index (χ0n) is 7.19. The fourth-order valence-electron chi connectivity index (χ4n) is 0.791. The van der Waals surface area contributed by atoms with E-state index in [-0.39, 0.29) is 0 Å². The minimum atomic E-state index is -1.73. The smallest absolute Gasteiger partial charge is 0.169 e. The van der Waals surface area contributed by atoms with E-state index in [9.17, 15) is 9.90 Å². The van der Waals surface area contributed by atoms with Crippen molar-refractivity contribution in [1.29, 1.82) is 0 Å². The molecule has 0 spiro atoms. The van der Waals surface area contributed by atoms with Gasteiger partial charge in [-0.2, -0.15) is 0 Å². The highest BCUT2D eigenvalue weighted by atomic mass is 16.4. The number of aliphatic hydroxyl groups excluding tert-OH is 4. The number of Topliss-reactive ketones (excluding diaryl/α,β-unsaturated/α-hetero) is 1. The first-order chi connectivity index (χ1) is 6.58. The summed E-state index contributed by atoms with van der Waals surface area (Å²) in [5.74, 6) is -0.928. The van der Waals surface area contributed by atoms with Crippen LogP contribution < -0.4 is 0 Å². The van der Waals surface area contributed by atoms with Gasteiger partial charge < -0.3 is 20.4 Å². The van der Waals surface area contributed by atoms with Crippen molar-refractivity contribution in [1.82, 2.24) is 0 Å². The third kappa shape index (κ3) is 3.29. The molecule has 0 radical (unpaired) electrons. The maximum atomic E-state index is 10.9. The van der Waals surface area contributed by atoms with Gasteiger partial charge in [0, 0.05) is 4.91 Å². The van der Waals surface area contributed by atoms with E-state index in [0.717, 1.165) is 0 Å². The molecule has 0 aromatic carbocycles. The molecule has 4 N–H and O–H groups in total. The highest BCUT2D eigenvalue weighted by Crippen LogP contribution is 2.06. The second-order valence-corrected chi connectivity index (χ2v) is 2.51. The van der Waals surface area contributed by atoms with Crippen LogP contribution in [0.3, 0.4) is 0 Å². The Kier molecular flexibility index (Phi) is 5.77. The maximum Gasteiger partial charge on any atom is 0.169 e. The number of azide groups is 1. The molecular weight excluding hydrogens is 194 g/mol. The Labute approximate surface area is 79.0 Å². The highest BCUT2D eigenvalue weighted by Gasteiger charge is 2.30. The van der Waals surface area contributed by atoms with Crippen LogP contribution >= 0.6 is 0 Å². The zero-order valence-corrected chi connectivity index (χ0v) is 7.19. The van der Waals surface area contributed by atoms with Gasteiger partial charge in [-0.15, -0.1) is 0 Å². The molecule has 0 unspecified atom stereocenters. The first kappa shape index (κ1) is 12.8. The van der Waals surface area contributed by atoms with Crippen molar-refractivity contribution in [2.75, 3.05) is 13.2 Å². The van der Waals surface area contributed by atoms with Crippen molar-refractivity contribution in [3.8, 4) is 0 Å². The van der Waals surface area contributed by atoms with Crippen LogP contribution in [0.25, 0.3) is 10.4 Å². The molecule has 0 aliphatic carbocycles. The van der Waals surface area contributed by atoms with E-state index in [2.05, 4.69) is 10.0 Å². The molecule has 0 amide bonds. The largest absolute Gasteiger partial charge is 0.394 e. The van der Waals surface area contributed by atoms with Gasteiger partial charge >= 0.3 is 0 Å². The van der Waals surface area contributed by atoms with E-state index < -0.39 is 37.2 Å². The van der Waals surface area contributed by atoms with E-state index >= 15 is 0 Å². The minimum absolute atomic E-state index is 0.780.